The number of likely N-dealkylation sites (N-methyl/N-ethyl adjacent to an activating group) is 1. The third-order valence-corrected chi connectivity index (χ3v) is 5.93. The number of rotatable bonds is 7. The molecule has 0 saturated carbocycles. The molecule has 1 heterocycles. The van der Waals surface area contributed by atoms with Crippen LogP contribution in [0, 0.1) is 0 Å². The molecule has 0 amide bonds. The quantitative estimate of drug-likeness (QED) is 0.720. The average molecular weight is 415 g/mol. The highest BCUT2D eigenvalue weighted by molar-refractivity contribution is 5.93. The topological polar surface area (TPSA) is 82.5 Å². The average Bonchev–Trinajstić information content (AvgIpc) is 2.74. The third-order valence-electron chi connectivity index (χ3n) is 5.93. The Morgan fingerprint density at radius 1 is 1.17 bits per heavy atom. The summed E-state index contributed by atoms with van der Waals surface area (Å²) in [5.74, 6) is -0.436. The normalized spacial score (nSPS) is 22.1. The number of likely N-dealkylation sites (tertiary alicyclic amines) is 1. The first kappa shape index (κ1) is 22.1. The smallest absolute Gasteiger partial charge is 0.339 e. The second kappa shape index (κ2) is 9.04. The molecule has 1 aliphatic rings. The van der Waals surface area contributed by atoms with E-state index in [-0.39, 0.29) is 17.4 Å². The van der Waals surface area contributed by atoms with Crippen molar-refractivity contribution in [3.8, 4) is 11.5 Å². The zero-order valence-electron chi connectivity index (χ0n) is 18.0. The summed E-state index contributed by atoms with van der Waals surface area (Å²) in [6.07, 6.45) is 0.551. The van der Waals surface area contributed by atoms with Gasteiger partial charge in [0.25, 0.3) is 0 Å². The Kier molecular flexibility index (Phi) is 6.65. The van der Waals surface area contributed by atoms with Crippen LogP contribution in [-0.4, -0.2) is 73.4 Å². The summed E-state index contributed by atoms with van der Waals surface area (Å²) in [6.45, 7) is 1.69. The minimum absolute atomic E-state index is 0.113. The van der Waals surface area contributed by atoms with Crippen molar-refractivity contribution in [3.63, 3.8) is 0 Å². The van der Waals surface area contributed by atoms with E-state index in [9.17, 15) is 15.0 Å². The predicted molar refractivity (Wildman–Crippen MR) is 114 cm³/mol. The van der Waals surface area contributed by atoms with E-state index >= 15 is 0 Å². The zero-order valence-corrected chi connectivity index (χ0v) is 18.0. The second-order valence-electron chi connectivity index (χ2n) is 7.90. The molecule has 7 heteroatoms. The summed E-state index contributed by atoms with van der Waals surface area (Å²) in [5, 5.41) is 21.3. The lowest BCUT2D eigenvalue weighted by Crippen LogP contribution is -2.58. The van der Waals surface area contributed by atoms with Gasteiger partial charge in [-0.25, -0.2) is 4.79 Å². The van der Waals surface area contributed by atoms with Crippen LogP contribution in [0.25, 0.3) is 0 Å². The molecule has 3 rings (SSSR count). The van der Waals surface area contributed by atoms with Gasteiger partial charge >= 0.3 is 5.97 Å². The Morgan fingerprint density at radius 3 is 2.43 bits per heavy atom. The molecule has 2 atom stereocenters. The molecule has 0 aliphatic carbocycles. The fourth-order valence-electron chi connectivity index (χ4n) is 4.35. The van der Waals surface area contributed by atoms with Gasteiger partial charge in [-0.3, -0.25) is 4.90 Å². The van der Waals surface area contributed by atoms with Crippen LogP contribution in [0.3, 0.4) is 0 Å². The molecule has 1 saturated heterocycles. The number of piperidine rings is 1. The number of aromatic carboxylic acids is 1. The van der Waals surface area contributed by atoms with Crippen molar-refractivity contribution in [2.24, 2.45) is 0 Å². The lowest BCUT2D eigenvalue weighted by atomic mass is 9.79. The van der Waals surface area contributed by atoms with Gasteiger partial charge in [0.05, 0.1) is 20.3 Å². The van der Waals surface area contributed by atoms with Crippen LogP contribution in [-0.2, 0) is 12.1 Å². The highest BCUT2D eigenvalue weighted by atomic mass is 16.5. The van der Waals surface area contributed by atoms with Crippen LogP contribution in [0.4, 0.5) is 0 Å². The first-order valence-electron chi connectivity index (χ1n) is 9.95. The van der Waals surface area contributed by atoms with E-state index in [1.807, 2.05) is 49.3 Å². The van der Waals surface area contributed by atoms with Crippen LogP contribution in [0.15, 0.2) is 42.5 Å². The van der Waals surface area contributed by atoms with Crippen molar-refractivity contribution in [3.05, 3.63) is 59.2 Å². The molecule has 7 nitrogen and oxygen atoms in total. The number of hydrogen-bond donors (Lipinski definition) is 2. The predicted octanol–water partition coefficient (Wildman–Crippen LogP) is 2.43. The molecule has 1 fully saturated rings. The highest BCUT2D eigenvalue weighted by Crippen LogP contribution is 2.37. The van der Waals surface area contributed by atoms with E-state index in [0.717, 1.165) is 5.56 Å². The van der Waals surface area contributed by atoms with Crippen molar-refractivity contribution in [1.29, 1.82) is 0 Å². The minimum atomic E-state index is -1.05. The minimum Gasteiger partial charge on any atom is -0.493 e. The van der Waals surface area contributed by atoms with Crippen molar-refractivity contribution in [1.82, 2.24) is 9.80 Å². The van der Waals surface area contributed by atoms with Crippen molar-refractivity contribution < 1.29 is 24.5 Å². The number of benzene rings is 2. The summed E-state index contributed by atoms with van der Waals surface area (Å²) >= 11 is 0. The van der Waals surface area contributed by atoms with Gasteiger partial charge in [0.1, 0.15) is 11.2 Å². The Morgan fingerprint density at radius 2 is 1.87 bits per heavy atom. The van der Waals surface area contributed by atoms with Gasteiger partial charge in [0.15, 0.2) is 11.5 Å². The van der Waals surface area contributed by atoms with Gasteiger partial charge in [-0.1, -0.05) is 36.4 Å². The maximum atomic E-state index is 12.0. The van der Waals surface area contributed by atoms with Gasteiger partial charge in [0, 0.05) is 19.6 Å². The van der Waals surface area contributed by atoms with Crippen LogP contribution >= 0.6 is 0 Å². The number of carbonyl (C=O) groups is 1. The molecule has 0 unspecified atom stereocenters. The fraction of sp³-hybridized carbons (Fsp3) is 0.435. The van der Waals surface area contributed by atoms with E-state index < -0.39 is 11.6 Å². The summed E-state index contributed by atoms with van der Waals surface area (Å²) in [7, 11) is 6.85. The van der Waals surface area contributed by atoms with Crippen LogP contribution in [0.5, 0.6) is 11.5 Å². The number of nitrogens with zero attached hydrogens (tertiary/aromatic N) is 2. The van der Waals surface area contributed by atoms with E-state index in [0.29, 0.717) is 37.4 Å². The van der Waals surface area contributed by atoms with Crippen molar-refractivity contribution >= 4 is 5.97 Å². The number of methoxy groups -OCH3 is 2. The largest absolute Gasteiger partial charge is 0.493 e. The number of ether oxygens (including phenoxy) is 2. The number of carboxylic acids is 1. The molecular formula is C23H30N2O5. The lowest BCUT2D eigenvalue weighted by molar-refractivity contribution is -0.0893. The molecule has 162 valence electrons. The molecule has 0 radical (unpaired) electrons. The number of carboxylic acid groups (broad SMARTS) is 1. The molecule has 2 aromatic carbocycles. The van der Waals surface area contributed by atoms with Crippen LogP contribution in [0.2, 0.25) is 0 Å². The van der Waals surface area contributed by atoms with E-state index in [4.69, 9.17) is 9.47 Å². The van der Waals surface area contributed by atoms with Crippen molar-refractivity contribution in [2.75, 3.05) is 41.4 Å². The molecule has 30 heavy (non-hydrogen) atoms. The molecular weight excluding hydrogens is 384 g/mol. The van der Waals surface area contributed by atoms with E-state index in [1.54, 1.807) is 12.1 Å². The van der Waals surface area contributed by atoms with Crippen LogP contribution in [0.1, 0.15) is 27.9 Å². The third kappa shape index (κ3) is 4.14. The molecule has 0 spiro atoms. The Bertz CT molecular complexity index is 887. The molecule has 2 aromatic rings. The maximum Gasteiger partial charge on any atom is 0.339 e. The Balaban J connectivity index is 1.89. The zero-order chi connectivity index (χ0) is 21.9. The lowest BCUT2D eigenvalue weighted by Gasteiger charge is -2.47. The van der Waals surface area contributed by atoms with Gasteiger partial charge in [0.2, 0.25) is 0 Å². The summed E-state index contributed by atoms with van der Waals surface area (Å²) in [6, 6.07) is 13.1. The standard InChI is InChI=1S/C23H30N2O5/c1-24(2)19-15-25(13-12-23(19,28)17-8-6-5-7-9-17)14-16-10-11-18(29-3)21(30-4)20(16)22(26)27/h5-11,19,28H,12-15H2,1-4H3,(H,26,27)/t19-,23+/m1/s1. The highest BCUT2D eigenvalue weighted by Gasteiger charge is 2.44. The fourth-order valence-corrected chi connectivity index (χ4v) is 4.35. The van der Waals surface area contributed by atoms with Gasteiger partial charge in [-0.05, 0) is 37.7 Å². The molecule has 0 aromatic heterocycles. The monoisotopic (exact) mass is 414 g/mol. The van der Waals surface area contributed by atoms with Crippen molar-refractivity contribution in [2.45, 2.75) is 24.6 Å². The first-order chi connectivity index (χ1) is 14.3. The maximum absolute atomic E-state index is 12.0. The number of hydrogen-bond acceptors (Lipinski definition) is 6. The molecule has 2 N–H and O–H groups in total. The van der Waals surface area contributed by atoms with E-state index in [2.05, 4.69) is 4.90 Å². The SMILES string of the molecule is COc1ccc(CN2CC[C@](O)(c3ccccc3)[C@H](N(C)C)C2)c(C(=O)O)c1OC. The van der Waals surface area contributed by atoms with Crippen LogP contribution < -0.4 is 9.47 Å². The van der Waals surface area contributed by atoms with E-state index in [1.165, 1.54) is 14.2 Å². The van der Waals surface area contributed by atoms with Gasteiger partial charge < -0.3 is 24.6 Å². The Labute approximate surface area is 177 Å². The molecule has 1 aliphatic heterocycles. The second-order valence-corrected chi connectivity index (χ2v) is 7.90. The summed E-state index contributed by atoms with van der Waals surface area (Å²) < 4.78 is 10.6. The Hall–Kier alpha value is -2.61. The van der Waals surface area contributed by atoms with Gasteiger partial charge in [-0.15, -0.1) is 0 Å². The molecule has 0 bridgehead atoms. The summed E-state index contributed by atoms with van der Waals surface area (Å²) in [5.41, 5.74) is 0.708. The number of aliphatic hydroxyl groups is 1. The summed E-state index contributed by atoms with van der Waals surface area (Å²) in [4.78, 5) is 16.2. The first-order valence-corrected chi connectivity index (χ1v) is 9.95. The van der Waals surface area contributed by atoms with Gasteiger partial charge in [-0.2, -0.15) is 0 Å².